The first-order valence-electron chi connectivity index (χ1n) is 4.87. The van der Waals surface area contributed by atoms with Crippen molar-refractivity contribution in [1.29, 1.82) is 0 Å². The van der Waals surface area contributed by atoms with Crippen LogP contribution in [0.1, 0.15) is 32.1 Å². The van der Waals surface area contributed by atoms with Crippen LogP contribution in [-0.4, -0.2) is 12.6 Å². The highest BCUT2D eigenvalue weighted by molar-refractivity contribution is 5.01. The molecule has 1 nitrogen and oxygen atoms in total. The summed E-state index contributed by atoms with van der Waals surface area (Å²) >= 11 is 0. The largest absolute Gasteiger partial charge is 0.310 e. The molecule has 1 fully saturated rings. The number of rotatable bonds is 1. The molecule has 1 atom stereocenters. The summed E-state index contributed by atoms with van der Waals surface area (Å²) < 4.78 is 0. The van der Waals surface area contributed by atoms with Gasteiger partial charge < -0.3 is 5.32 Å². The summed E-state index contributed by atoms with van der Waals surface area (Å²) in [5.41, 5.74) is 0. The summed E-state index contributed by atoms with van der Waals surface area (Å²) in [5, 5.41) is 3.57. The lowest BCUT2D eigenvalue weighted by Gasteiger charge is -2.24. The van der Waals surface area contributed by atoms with Gasteiger partial charge in [0.2, 0.25) is 0 Å². The fourth-order valence-corrected chi connectivity index (χ4v) is 2.28. The number of hydrogen-bond acceptors (Lipinski definition) is 1. The van der Waals surface area contributed by atoms with E-state index in [1.165, 1.54) is 38.6 Å². The molecule has 1 unspecified atom stereocenters. The predicted octanol–water partition coefficient (Wildman–Crippen LogP) is 2.09. The van der Waals surface area contributed by atoms with Gasteiger partial charge in [-0.2, -0.15) is 0 Å². The van der Waals surface area contributed by atoms with Crippen molar-refractivity contribution < 1.29 is 0 Å². The van der Waals surface area contributed by atoms with E-state index in [-0.39, 0.29) is 0 Å². The molecular formula is C10H17N. The first kappa shape index (κ1) is 7.35. The molecule has 1 saturated carbocycles. The van der Waals surface area contributed by atoms with Crippen LogP contribution in [0, 0.1) is 5.92 Å². The van der Waals surface area contributed by atoms with Crippen LogP contribution < -0.4 is 5.32 Å². The molecule has 0 spiro atoms. The Balaban J connectivity index is 1.91. The maximum Gasteiger partial charge on any atom is 0.0278 e. The van der Waals surface area contributed by atoms with Crippen LogP contribution in [0.25, 0.3) is 0 Å². The minimum atomic E-state index is 0.714. The summed E-state index contributed by atoms with van der Waals surface area (Å²) in [6, 6.07) is 0.714. The van der Waals surface area contributed by atoms with E-state index >= 15 is 0 Å². The molecule has 1 aliphatic carbocycles. The van der Waals surface area contributed by atoms with Crippen molar-refractivity contribution in [2.24, 2.45) is 5.92 Å². The van der Waals surface area contributed by atoms with Gasteiger partial charge in [-0.1, -0.05) is 25.0 Å². The topological polar surface area (TPSA) is 12.0 Å². The Morgan fingerprint density at radius 2 is 2.00 bits per heavy atom. The van der Waals surface area contributed by atoms with Gasteiger partial charge in [-0.3, -0.25) is 0 Å². The third-order valence-corrected chi connectivity index (χ3v) is 2.94. The molecule has 0 aromatic heterocycles. The highest BCUT2D eigenvalue weighted by Gasteiger charge is 2.23. The van der Waals surface area contributed by atoms with Crippen LogP contribution in [0.4, 0.5) is 0 Å². The van der Waals surface area contributed by atoms with Gasteiger partial charge in [0.15, 0.2) is 0 Å². The van der Waals surface area contributed by atoms with Crippen LogP contribution in [0.2, 0.25) is 0 Å². The van der Waals surface area contributed by atoms with Crippen molar-refractivity contribution in [3.05, 3.63) is 12.2 Å². The number of nitrogens with one attached hydrogen (secondary N) is 1. The summed E-state index contributed by atoms with van der Waals surface area (Å²) in [6.45, 7) is 1.19. The third kappa shape index (κ3) is 1.64. The van der Waals surface area contributed by atoms with Gasteiger partial charge in [-0.15, -0.1) is 0 Å². The van der Waals surface area contributed by atoms with Crippen LogP contribution in [0.15, 0.2) is 12.2 Å². The van der Waals surface area contributed by atoms with Gasteiger partial charge >= 0.3 is 0 Å². The SMILES string of the molecule is C1=CC(C2CCCC2)NCC1. The summed E-state index contributed by atoms with van der Waals surface area (Å²) in [5.74, 6) is 0.951. The lowest BCUT2D eigenvalue weighted by molar-refractivity contribution is 0.407. The predicted molar refractivity (Wildman–Crippen MR) is 47.5 cm³/mol. The molecule has 0 bridgehead atoms. The monoisotopic (exact) mass is 151 g/mol. The van der Waals surface area contributed by atoms with Gasteiger partial charge in [0.05, 0.1) is 0 Å². The standard InChI is InChI=1S/C10H17N/c1-2-6-9(5-1)10-7-3-4-8-11-10/h3,7,9-11H,1-2,4-6,8H2. The van der Waals surface area contributed by atoms with Crippen molar-refractivity contribution in [3.8, 4) is 0 Å². The van der Waals surface area contributed by atoms with Crippen molar-refractivity contribution in [3.63, 3.8) is 0 Å². The Labute approximate surface area is 68.9 Å². The maximum atomic E-state index is 3.57. The summed E-state index contributed by atoms with van der Waals surface area (Å²) in [7, 11) is 0. The third-order valence-electron chi connectivity index (χ3n) is 2.94. The Bertz CT molecular complexity index is 145. The van der Waals surface area contributed by atoms with E-state index in [1.54, 1.807) is 0 Å². The van der Waals surface area contributed by atoms with Crippen molar-refractivity contribution >= 4 is 0 Å². The highest BCUT2D eigenvalue weighted by Crippen LogP contribution is 2.28. The second-order valence-corrected chi connectivity index (χ2v) is 3.74. The molecule has 62 valence electrons. The van der Waals surface area contributed by atoms with Gasteiger partial charge in [-0.25, -0.2) is 0 Å². The molecule has 2 aliphatic rings. The molecule has 0 amide bonds. The minimum Gasteiger partial charge on any atom is -0.310 e. The lowest BCUT2D eigenvalue weighted by Crippen LogP contribution is -2.36. The Morgan fingerprint density at radius 1 is 1.18 bits per heavy atom. The molecule has 0 saturated heterocycles. The molecule has 1 heteroatoms. The van der Waals surface area contributed by atoms with Crippen LogP contribution in [0.5, 0.6) is 0 Å². The smallest absolute Gasteiger partial charge is 0.0278 e. The van der Waals surface area contributed by atoms with Crippen molar-refractivity contribution in [2.45, 2.75) is 38.1 Å². The average Bonchev–Trinajstić information content (AvgIpc) is 2.58. The van der Waals surface area contributed by atoms with E-state index in [2.05, 4.69) is 17.5 Å². The van der Waals surface area contributed by atoms with Crippen LogP contribution >= 0.6 is 0 Å². The molecule has 1 N–H and O–H groups in total. The fraction of sp³-hybridized carbons (Fsp3) is 0.800. The Hall–Kier alpha value is -0.300. The van der Waals surface area contributed by atoms with E-state index in [0.717, 1.165) is 5.92 Å². The zero-order valence-corrected chi connectivity index (χ0v) is 7.05. The van der Waals surface area contributed by atoms with Gasteiger partial charge in [-0.05, 0) is 31.7 Å². The first-order valence-corrected chi connectivity index (χ1v) is 4.87. The van der Waals surface area contributed by atoms with Gasteiger partial charge in [0.25, 0.3) is 0 Å². The first-order chi connectivity index (χ1) is 5.47. The molecule has 0 aromatic carbocycles. The fourth-order valence-electron chi connectivity index (χ4n) is 2.28. The van der Waals surface area contributed by atoms with Crippen molar-refractivity contribution in [2.75, 3.05) is 6.54 Å². The molecule has 11 heavy (non-hydrogen) atoms. The highest BCUT2D eigenvalue weighted by atomic mass is 14.9. The molecule has 1 heterocycles. The van der Waals surface area contributed by atoms with E-state index in [1.807, 2.05) is 0 Å². The Morgan fingerprint density at radius 3 is 2.64 bits per heavy atom. The van der Waals surface area contributed by atoms with Crippen molar-refractivity contribution in [1.82, 2.24) is 5.32 Å². The van der Waals surface area contributed by atoms with E-state index in [0.29, 0.717) is 6.04 Å². The molecule has 0 radical (unpaired) electrons. The van der Waals surface area contributed by atoms with E-state index in [9.17, 15) is 0 Å². The zero-order chi connectivity index (χ0) is 7.52. The van der Waals surface area contributed by atoms with Crippen LogP contribution in [-0.2, 0) is 0 Å². The molecule has 1 aliphatic heterocycles. The lowest BCUT2D eigenvalue weighted by atomic mass is 9.96. The molecular weight excluding hydrogens is 134 g/mol. The quantitative estimate of drug-likeness (QED) is 0.566. The average molecular weight is 151 g/mol. The normalized spacial score (nSPS) is 32.9. The zero-order valence-electron chi connectivity index (χ0n) is 7.05. The maximum absolute atomic E-state index is 3.57. The van der Waals surface area contributed by atoms with E-state index < -0.39 is 0 Å². The summed E-state index contributed by atoms with van der Waals surface area (Å²) in [6.07, 6.45) is 11.7. The number of hydrogen-bond donors (Lipinski definition) is 1. The molecule has 0 aromatic rings. The second-order valence-electron chi connectivity index (χ2n) is 3.74. The van der Waals surface area contributed by atoms with Crippen LogP contribution in [0.3, 0.4) is 0 Å². The minimum absolute atomic E-state index is 0.714. The second kappa shape index (κ2) is 3.40. The summed E-state index contributed by atoms with van der Waals surface area (Å²) in [4.78, 5) is 0. The van der Waals surface area contributed by atoms with Gasteiger partial charge in [0, 0.05) is 6.04 Å². The van der Waals surface area contributed by atoms with Gasteiger partial charge in [0.1, 0.15) is 0 Å². The van der Waals surface area contributed by atoms with E-state index in [4.69, 9.17) is 0 Å². The molecule has 2 rings (SSSR count). The Kier molecular flexibility index (Phi) is 2.27.